The highest BCUT2D eigenvalue weighted by Gasteiger charge is 2.31. The second kappa shape index (κ2) is 10.5. The first-order valence-electron chi connectivity index (χ1n) is 9.29. The van der Waals surface area contributed by atoms with E-state index in [0.717, 1.165) is 55.6 Å². The molecule has 3 N–H and O–H groups in total. The van der Waals surface area contributed by atoms with Crippen LogP contribution in [0.5, 0.6) is 5.75 Å². The standard InChI is InChI=1S/C18H25F3N4O2S/c1-2-3-8-22-17(28)25-11-9-24(10-12-25)13-16(26)23-14-4-6-15(7-5-14)27-18(19,20)21/h4-7H,2-3,8-13H2,1H3,(H,22,28)(H,23,26)/p+1. The number of hydrogen-bond acceptors (Lipinski definition) is 3. The average molecular weight is 419 g/mol. The fraction of sp³-hybridized carbons (Fsp3) is 0.556. The summed E-state index contributed by atoms with van der Waals surface area (Å²) < 4.78 is 40.3. The highest BCUT2D eigenvalue weighted by Crippen LogP contribution is 2.23. The maximum atomic E-state index is 12.2. The van der Waals surface area contributed by atoms with Crippen LogP contribution in [0.25, 0.3) is 0 Å². The second-order valence-electron chi connectivity index (χ2n) is 6.62. The third-order valence-electron chi connectivity index (χ3n) is 4.35. The molecule has 1 aliphatic rings. The summed E-state index contributed by atoms with van der Waals surface area (Å²) in [5.74, 6) is -0.507. The number of anilines is 1. The highest BCUT2D eigenvalue weighted by molar-refractivity contribution is 7.80. The van der Waals surface area contributed by atoms with Gasteiger partial charge in [0.2, 0.25) is 0 Å². The molecule has 1 aromatic rings. The smallest absolute Gasteiger partial charge is 0.406 e. The molecule has 0 atom stereocenters. The van der Waals surface area contributed by atoms with Gasteiger partial charge in [-0.3, -0.25) is 4.79 Å². The van der Waals surface area contributed by atoms with Crippen molar-refractivity contribution >= 4 is 28.9 Å². The van der Waals surface area contributed by atoms with Gasteiger partial charge in [0, 0.05) is 12.2 Å². The Labute approximate surface area is 168 Å². The van der Waals surface area contributed by atoms with Gasteiger partial charge in [0.15, 0.2) is 11.7 Å². The number of unbranched alkanes of at least 4 members (excludes halogenated alkanes) is 1. The molecule has 0 aliphatic carbocycles. The lowest BCUT2D eigenvalue weighted by atomic mass is 10.3. The number of nitrogens with zero attached hydrogens (tertiary/aromatic N) is 1. The van der Waals surface area contributed by atoms with E-state index in [1.54, 1.807) is 0 Å². The van der Waals surface area contributed by atoms with Crippen LogP contribution in [0.3, 0.4) is 0 Å². The fourth-order valence-electron chi connectivity index (χ4n) is 2.86. The van der Waals surface area contributed by atoms with Gasteiger partial charge in [-0.25, -0.2) is 0 Å². The number of alkyl halides is 3. The van der Waals surface area contributed by atoms with Crippen molar-refractivity contribution in [2.75, 3.05) is 44.6 Å². The molecule has 0 saturated carbocycles. The van der Waals surface area contributed by atoms with Crippen molar-refractivity contribution < 1.29 is 27.6 Å². The summed E-state index contributed by atoms with van der Waals surface area (Å²) in [6.07, 6.45) is -2.54. The molecule has 0 aromatic heterocycles. The summed E-state index contributed by atoms with van der Waals surface area (Å²) >= 11 is 5.39. The number of halogens is 3. The normalized spacial score (nSPS) is 15.2. The van der Waals surface area contributed by atoms with Crippen molar-refractivity contribution in [3.05, 3.63) is 24.3 Å². The summed E-state index contributed by atoms with van der Waals surface area (Å²) in [6.45, 7) is 6.45. The van der Waals surface area contributed by atoms with Crippen LogP contribution in [0.4, 0.5) is 18.9 Å². The van der Waals surface area contributed by atoms with Gasteiger partial charge < -0.3 is 25.2 Å². The maximum Gasteiger partial charge on any atom is 0.573 e. The van der Waals surface area contributed by atoms with Crippen LogP contribution < -0.4 is 20.3 Å². The van der Waals surface area contributed by atoms with E-state index >= 15 is 0 Å². The molecule has 1 aromatic carbocycles. The molecule has 0 bridgehead atoms. The van der Waals surface area contributed by atoms with Crippen LogP contribution in [0.2, 0.25) is 0 Å². The van der Waals surface area contributed by atoms with Crippen LogP contribution in [-0.4, -0.2) is 61.6 Å². The molecule has 1 heterocycles. The van der Waals surface area contributed by atoms with Crippen molar-refractivity contribution in [1.82, 2.24) is 10.2 Å². The SMILES string of the molecule is CCCCNC(=S)N1CC[NH+](CC(=O)Nc2ccc(OC(F)(F)F)cc2)CC1. The number of carbonyl (C=O) groups excluding carboxylic acids is 1. The van der Waals surface area contributed by atoms with E-state index in [1.165, 1.54) is 24.3 Å². The lowest BCUT2D eigenvalue weighted by Crippen LogP contribution is -3.15. The maximum absolute atomic E-state index is 12.2. The van der Waals surface area contributed by atoms with Crippen LogP contribution in [-0.2, 0) is 4.79 Å². The number of amides is 1. The number of hydrogen-bond donors (Lipinski definition) is 3. The molecule has 1 amide bonds. The molecule has 156 valence electrons. The summed E-state index contributed by atoms with van der Waals surface area (Å²) in [5.41, 5.74) is 0.430. The van der Waals surface area contributed by atoms with E-state index in [-0.39, 0.29) is 11.7 Å². The lowest BCUT2D eigenvalue weighted by molar-refractivity contribution is -0.895. The lowest BCUT2D eigenvalue weighted by Gasteiger charge is -2.33. The largest absolute Gasteiger partial charge is 0.573 e. The second-order valence-corrected chi connectivity index (χ2v) is 7.01. The quantitative estimate of drug-likeness (QED) is 0.461. The third-order valence-corrected chi connectivity index (χ3v) is 4.75. The molecule has 1 fully saturated rings. The minimum absolute atomic E-state index is 0.184. The summed E-state index contributed by atoms with van der Waals surface area (Å²) in [7, 11) is 0. The van der Waals surface area contributed by atoms with Crippen molar-refractivity contribution in [3.8, 4) is 5.75 Å². The Morgan fingerprint density at radius 3 is 2.46 bits per heavy atom. The number of nitrogens with one attached hydrogen (secondary N) is 3. The Morgan fingerprint density at radius 1 is 1.25 bits per heavy atom. The van der Waals surface area contributed by atoms with E-state index in [4.69, 9.17) is 12.2 Å². The van der Waals surface area contributed by atoms with Gasteiger partial charge in [-0.15, -0.1) is 13.2 Å². The molecular weight excluding hydrogens is 393 g/mol. The number of thiocarbonyl (C=S) groups is 1. The molecule has 0 unspecified atom stereocenters. The van der Waals surface area contributed by atoms with E-state index in [2.05, 4.69) is 27.2 Å². The first kappa shape index (κ1) is 22.2. The summed E-state index contributed by atoms with van der Waals surface area (Å²) in [5, 5.41) is 6.71. The third kappa shape index (κ3) is 7.89. The molecule has 0 spiro atoms. The van der Waals surface area contributed by atoms with E-state index < -0.39 is 6.36 Å². The molecule has 28 heavy (non-hydrogen) atoms. The molecule has 1 saturated heterocycles. The average Bonchev–Trinajstić information content (AvgIpc) is 2.63. The van der Waals surface area contributed by atoms with Crippen molar-refractivity contribution in [1.29, 1.82) is 0 Å². The number of piperazine rings is 1. The van der Waals surface area contributed by atoms with Gasteiger partial charge in [0.1, 0.15) is 5.75 Å². The predicted molar refractivity (Wildman–Crippen MR) is 104 cm³/mol. The van der Waals surface area contributed by atoms with Crippen LogP contribution in [0, 0.1) is 0 Å². The topological polar surface area (TPSA) is 58.0 Å². The first-order valence-corrected chi connectivity index (χ1v) is 9.69. The van der Waals surface area contributed by atoms with Gasteiger partial charge >= 0.3 is 6.36 Å². The Morgan fingerprint density at radius 2 is 1.89 bits per heavy atom. The molecule has 1 aliphatic heterocycles. The molecular formula is C18H26F3N4O2S+. The van der Waals surface area contributed by atoms with Gasteiger partial charge in [0.25, 0.3) is 5.91 Å². The zero-order chi connectivity index (χ0) is 20.6. The van der Waals surface area contributed by atoms with Gasteiger partial charge in [-0.1, -0.05) is 13.3 Å². The Bertz CT molecular complexity index is 647. The molecule has 6 nitrogen and oxygen atoms in total. The van der Waals surface area contributed by atoms with Crippen molar-refractivity contribution in [2.45, 2.75) is 26.1 Å². The van der Waals surface area contributed by atoms with Crippen LogP contribution >= 0.6 is 12.2 Å². The zero-order valence-corrected chi connectivity index (χ0v) is 16.6. The van der Waals surface area contributed by atoms with E-state index in [9.17, 15) is 18.0 Å². The van der Waals surface area contributed by atoms with Crippen LogP contribution in [0.1, 0.15) is 19.8 Å². The number of carbonyl (C=O) groups is 1. The highest BCUT2D eigenvalue weighted by atomic mass is 32.1. The van der Waals surface area contributed by atoms with Gasteiger partial charge in [-0.2, -0.15) is 0 Å². The van der Waals surface area contributed by atoms with Crippen molar-refractivity contribution in [2.24, 2.45) is 0 Å². The molecule has 2 rings (SSSR count). The summed E-state index contributed by atoms with van der Waals surface area (Å²) in [4.78, 5) is 15.4. The number of benzene rings is 1. The van der Waals surface area contributed by atoms with E-state index in [0.29, 0.717) is 12.2 Å². The minimum atomic E-state index is -4.73. The van der Waals surface area contributed by atoms with E-state index in [1.807, 2.05) is 0 Å². The first-order chi connectivity index (χ1) is 13.3. The predicted octanol–water partition coefficient (Wildman–Crippen LogP) is 1.40. The monoisotopic (exact) mass is 419 g/mol. The number of quaternary nitrogens is 1. The van der Waals surface area contributed by atoms with Gasteiger partial charge in [0.05, 0.1) is 26.2 Å². The molecule has 0 radical (unpaired) electrons. The number of rotatable bonds is 7. The Balaban J connectivity index is 1.72. The Hall–Kier alpha value is -2.07. The van der Waals surface area contributed by atoms with Crippen molar-refractivity contribution in [3.63, 3.8) is 0 Å². The molecule has 10 heteroatoms. The van der Waals surface area contributed by atoms with Gasteiger partial charge in [-0.05, 0) is 42.9 Å². The zero-order valence-electron chi connectivity index (χ0n) is 15.8. The minimum Gasteiger partial charge on any atom is -0.406 e. The summed E-state index contributed by atoms with van der Waals surface area (Å²) in [6, 6.07) is 5.10. The Kier molecular flexibility index (Phi) is 8.31. The van der Waals surface area contributed by atoms with Crippen LogP contribution in [0.15, 0.2) is 24.3 Å². The number of ether oxygens (including phenoxy) is 1. The fourth-order valence-corrected chi connectivity index (χ4v) is 3.14.